The Morgan fingerprint density at radius 2 is 1.71 bits per heavy atom. The Morgan fingerprint density at radius 3 is 2.41 bits per heavy atom. The SMILES string of the molecule is CCCOc1cccc(N2C(=O)C(Nc3ccc(F)c(F)c3)=C(c3ccc(C)cc3C)C2=O)c1. The minimum atomic E-state index is -1.06. The molecule has 0 bridgehead atoms. The molecule has 0 atom stereocenters. The quantitative estimate of drug-likeness (QED) is 0.453. The van der Waals surface area contributed by atoms with Crippen LogP contribution >= 0.6 is 0 Å². The first-order chi connectivity index (χ1) is 16.3. The van der Waals surface area contributed by atoms with Gasteiger partial charge in [-0.1, -0.05) is 36.8 Å². The molecule has 7 heteroatoms. The van der Waals surface area contributed by atoms with Gasteiger partial charge in [-0.05, 0) is 55.7 Å². The molecule has 0 aromatic heterocycles. The fourth-order valence-electron chi connectivity index (χ4n) is 3.87. The van der Waals surface area contributed by atoms with Crippen molar-refractivity contribution >= 4 is 28.8 Å². The van der Waals surface area contributed by atoms with E-state index in [-0.39, 0.29) is 17.0 Å². The molecule has 0 aliphatic carbocycles. The molecule has 0 saturated carbocycles. The number of aryl methyl sites for hydroxylation is 2. The zero-order valence-corrected chi connectivity index (χ0v) is 19.1. The lowest BCUT2D eigenvalue weighted by molar-refractivity contribution is -0.120. The van der Waals surface area contributed by atoms with Gasteiger partial charge in [0.25, 0.3) is 11.8 Å². The van der Waals surface area contributed by atoms with Crippen LogP contribution in [0.25, 0.3) is 5.57 Å². The highest BCUT2D eigenvalue weighted by Gasteiger charge is 2.41. The molecule has 3 aromatic carbocycles. The van der Waals surface area contributed by atoms with E-state index in [0.717, 1.165) is 34.6 Å². The Balaban J connectivity index is 1.81. The van der Waals surface area contributed by atoms with Crippen LogP contribution in [-0.2, 0) is 9.59 Å². The number of hydrogen-bond acceptors (Lipinski definition) is 4. The third-order valence-electron chi connectivity index (χ3n) is 5.47. The standard InChI is InChI=1S/C27H24F2N2O3/c1-4-12-34-20-7-5-6-19(15-20)31-26(32)24(21-10-8-16(2)13-17(21)3)25(27(31)33)30-18-9-11-22(28)23(29)14-18/h5-11,13-15,30H,4,12H2,1-3H3. The van der Waals surface area contributed by atoms with Crippen molar-refractivity contribution in [1.29, 1.82) is 0 Å². The highest BCUT2D eigenvalue weighted by molar-refractivity contribution is 6.46. The topological polar surface area (TPSA) is 58.6 Å². The first-order valence-corrected chi connectivity index (χ1v) is 11.0. The number of rotatable bonds is 7. The number of nitrogens with one attached hydrogen (secondary N) is 1. The number of carbonyl (C=O) groups excluding carboxylic acids is 2. The van der Waals surface area contributed by atoms with Gasteiger partial charge in [0.1, 0.15) is 11.4 Å². The zero-order chi connectivity index (χ0) is 24.4. The molecule has 0 radical (unpaired) electrons. The fraction of sp³-hybridized carbons (Fsp3) is 0.185. The summed E-state index contributed by atoms with van der Waals surface area (Å²) < 4.78 is 32.9. The normalized spacial score (nSPS) is 13.6. The number of hydrogen-bond donors (Lipinski definition) is 1. The van der Waals surface area contributed by atoms with Crippen LogP contribution in [0.5, 0.6) is 5.75 Å². The molecule has 0 spiro atoms. The lowest BCUT2D eigenvalue weighted by atomic mass is 9.97. The van der Waals surface area contributed by atoms with Crippen molar-refractivity contribution in [3.8, 4) is 5.75 Å². The van der Waals surface area contributed by atoms with Crippen LogP contribution in [0.1, 0.15) is 30.0 Å². The van der Waals surface area contributed by atoms with Gasteiger partial charge in [-0.2, -0.15) is 0 Å². The summed E-state index contributed by atoms with van der Waals surface area (Å²) in [6.07, 6.45) is 0.812. The molecule has 174 valence electrons. The number of amides is 2. The second kappa shape index (κ2) is 9.47. The predicted octanol–water partition coefficient (Wildman–Crippen LogP) is 5.77. The summed E-state index contributed by atoms with van der Waals surface area (Å²) in [6, 6.07) is 15.5. The maximum absolute atomic E-state index is 13.8. The Kier molecular flexibility index (Phi) is 6.45. The maximum atomic E-state index is 13.8. The number of ether oxygens (including phenoxy) is 1. The summed E-state index contributed by atoms with van der Waals surface area (Å²) in [5.41, 5.74) is 3.05. The van der Waals surface area contributed by atoms with Crippen molar-refractivity contribution in [2.75, 3.05) is 16.8 Å². The molecule has 1 aliphatic rings. The van der Waals surface area contributed by atoms with Crippen molar-refractivity contribution in [1.82, 2.24) is 0 Å². The van der Waals surface area contributed by atoms with Gasteiger partial charge in [-0.15, -0.1) is 0 Å². The Labute approximate surface area is 196 Å². The van der Waals surface area contributed by atoms with Crippen molar-refractivity contribution in [2.24, 2.45) is 0 Å². The van der Waals surface area contributed by atoms with Crippen molar-refractivity contribution in [3.05, 3.63) is 94.7 Å². The Bertz CT molecular complexity index is 1320. The van der Waals surface area contributed by atoms with Gasteiger partial charge < -0.3 is 10.1 Å². The molecule has 4 rings (SSSR count). The molecule has 5 nitrogen and oxygen atoms in total. The first-order valence-electron chi connectivity index (χ1n) is 11.0. The fourth-order valence-corrected chi connectivity index (χ4v) is 3.87. The van der Waals surface area contributed by atoms with Crippen LogP contribution in [0.4, 0.5) is 20.2 Å². The van der Waals surface area contributed by atoms with Gasteiger partial charge in [-0.3, -0.25) is 9.59 Å². The van der Waals surface area contributed by atoms with E-state index in [0.29, 0.717) is 23.6 Å². The minimum Gasteiger partial charge on any atom is -0.494 e. The van der Waals surface area contributed by atoms with Crippen LogP contribution in [0, 0.1) is 25.5 Å². The monoisotopic (exact) mass is 462 g/mol. The number of nitrogens with zero attached hydrogens (tertiary/aromatic N) is 1. The third kappa shape index (κ3) is 4.41. The summed E-state index contributed by atoms with van der Waals surface area (Å²) in [5.74, 6) is -2.65. The maximum Gasteiger partial charge on any atom is 0.282 e. The van der Waals surface area contributed by atoms with E-state index in [9.17, 15) is 18.4 Å². The largest absolute Gasteiger partial charge is 0.494 e. The third-order valence-corrected chi connectivity index (χ3v) is 5.47. The smallest absolute Gasteiger partial charge is 0.282 e. The molecule has 2 amide bonds. The number of benzene rings is 3. The van der Waals surface area contributed by atoms with Gasteiger partial charge in [0.15, 0.2) is 11.6 Å². The molecular weight excluding hydrogens is 438 g/mol. The number of carbonyl (C=O) groups is 2. The van der Waals surface area contributed by atoms with E-state index in [4.69, 9.17) is 4.74 Å². The molecule has 1 heterocycles. The highest BCUT2D eigenvalue weighted by atomic mass is 19.2. The molecule has 0 fully saturated rings. The van der Waals surface area contributed by atoms with E-state index in [1.54, 1.807) is 30.3 Å². The van der Waals surface area contributed by atoms with Crippen molar-refractivity contribution in [3.63, 3.8) is 0 Å². The van der Waals surface area contributed by atoms with E-state index >= 15 is 0 Å². The molecule has 1 aliphatic heterocycles. The second-order valence-corrected chi connectivity index (χ2v) is 8.11. The van der Waals surface area contributed by atoms with Gasteiger partial charge in [0.2, 0.25) is 0 Å². The molecule has 1 N–H and O–H groups in total. The van der Waals surface area contributed by atoms with E-state index in [1.165, 1.54) is 6.07 Å². The van der Waals surface area contributed by atoms with E-state index in [2.05, 4.69) is 5.32 Å². The second-order valence-electron chi connectivity index (χ2n) is 8.11. The van der Waals surface area contributed by atoms with Gasteiger partial charge in [0.05, 0.1) is 17.9 Å². The van der Waals surface area contributed by atoms with Crippen molar-refractivity contribution < 1.29 is 23.1 Å². The summed E-state index contributed by atoms with van der Waals surface area (Å²) in [4.78, 5) is 28.2. The zero-order valence-electron chi connectivity index (χ0n) is 19.1. The van der Waals surface area contributed by atoms with Crippen LogP contribution < -0.4 is 15.0 Å². The highest BCUT2D eigenvalue weighted by Crippen LogP contribution is 2.36. The predicted molar refractivity (Wildman–Crippen MR) is 128 cm³/mol. The van der Waals surface area contributed by atoms with Crippen LogP contribution in [-0.4, -0.2) is 18.4 Å². The summed E-state index contributed by atoms with van der Waals surface area (Å²) >= 11 is 0. The summed E-state index contributed by atoms with van der Waals surface area (Å²) in [5, 5.41) is 2.86. The average molecular weight is 462 g/mol. The molecule has 3 aromatic rings. The lowest BCUT2D eigenvalue weighted by Crippen LogP contribution is -2.32. The van der Waals surface area contributed by atoms with Crippen LogP contribution in [0.3, 0.4) is 0 Å². The van der Waals surface area contributed by atoms with Gasteiger partial charge in [-0.25, -0.2) is 13.7 Å². The molecule has 34 heavy (non-hydrogen) atoms. The van der Waals surface area contributed by atoms with E-state index in [1.807, 2.05) is 32.9 Å². The first kappa shape index (κ1) is 23.2. The Morgan fingerprint density at radius 1 is 0.912 bits per heavy atom. The summed E-state index contributed by atoms with van der Waals surface area (Å²) in [6.45, 7) is 6.26. The summed E-state index contributed by atoms with van der Waals surface area (Å²) in [7, 11) is 0. The van der Waals surface area contributed by atoms with E-state index < -0.39 is 23.4 Å². The Hall–Kier alpha value is -4.00. The number of halogens is 2. The van der Waals surface area contributed by atoms with Crippen LogP contribution in [0.15, 0.2) is 66.4 Å². The minimum absolute atomic E-state index is 0.0113. The lowest BCUT2D eigenvalue weighted by Gasteiger charge is -2.17. The van der Waals surface area contributed by atoms with Crippen LogP contribution in [0.2, 0.25) is 0 Å². The van der Waals surface area contributed by atoms with Crippen molar-refractivity contribution in [2.45, 2.75) is 27.2 Å². The average Bonchev–Trinajstić information content (AvgIpc) is 3.04. The van der Waals surface area contributed by atoms with Gasteiger partial charge >= 0.3 is 0 Å². The molecule has 0 unspecified atom stereocenters. The number of imide groups is 1. The van der Waals surface area contributed by atoms with Gasteiger partial charge in [0, 0.05) is 17.8 Å². The molecule has 0 saturated heterocycles. The molecular formula is C27H24F2N2O3. The number of anilines is 2.